The summed E-state index contributed by atoms with van der Waals surface area (Å²) in [4.78, 5) is 14.2. The molecule has 0 spiro atoms. The number of amidine groups is 1. The third-order valence-corrected chi connectivity index (χ3v) is 3.13. The van der Waals surface area contributed by atoms with Crippen LogP contribution >= 0.6 is 0 Å². The van der Waals surface area contributed by atoms with E-state index >= 15 is 0 Å². The molecule has 5 heteroatoms. The number of nitrogens with two attached hydrogens (primary N) is 1. The van der Waals surface area contributed by atoms with Crippen LogP contribution in [0.5, 0.6) is 0 Å². The summed E-state index contributed by atoms with van der Waals surface area (Å²) >= 11 is 0. The Labute approximate surface area is 104 Å². The van der Waals surface area contributed by atoms with E-state index in [1.54, 1.807) is 11.8 Å². The zero-order chi connectivity index (χ0) is 13.5. The van der Waals surface area contributed by atoms with E-state index in [-0.39, 0.29) is 11.7 Å². The Morgan fingerprint density at radius 2 is 1.76 bits per heavy atom. The van der Waals surface area contributed by atoms with Crippen molar-refractivity contribution in [2.75, 3.05) is 13.1 Å². The second kappa shape index (κ2) is 7.14. The number of oxime groups is 1. The third kappa shape index (κ3) is 3.61. The molecule has 0 rings (SSSR count). The molecule has 3 N–H and O–H groups in total. The Hall–Kier alpha value is -1.26. The molecule has 1 amide bonds. The third-order valence-electron chi connectivity index (χ3n) is 3.13. The summed E-state index contributed by atoms with van der Waals surface area (Å²) in [5, 5.41) is 11.8. The van der Waals surface area contributed by atoms with Crippen molar-refractivity contribution in [3.05, 3.63) is 0 Å². The highest BCUT2D eigenvalue weighted by Gasteiger charge is 2.39. The topological polar surface area (TPSA) is 78.9 Å². The normalized spacial score (nSPS) is 15.4. The maximum Gasteiger partial charge on any atom is 0.236 e. The van der Waals surface area contributed by atoms with Crippen molar-refractivity contribution < 1.29 is 10.0 Å². The lowest BCUT2D eigenvalue weighted by Gasteiger charge is -2.32. The zero-order valence-corrected chi connectivity index (χ0v) is 11.4. The summed E-state index contributed by atoms with van der Waals surface area (Å²) in [6.07, 6.45) is 2.33. The summed E-state index contributed by atoms with van der Waals surface area (Å²) in [6.45, 7) is 9.07. The Balaban J connectivity index is 5.05. The highest BCUT2D eigenvalue weighted by atomic mass is 16.4. The minimum absolute atomic E-state index is 0.0118. The highest BCUT2D eigenvalue weighted by Crippen LogP contribution is 2.25. The molecule has 5 nitrogen and oxygen atoms in total. The maximum atomic E-state index is 12.4. The summed E-state index contributed by atoms with van der Waals surface area (Å²) in [7, 11) is 0. The maximum absolute atomic E-state index is 12.4. The van der Waals surface area contributed by atoms with Gasteiger partial charge in [-0.3, -0.25) is 4.79 Å². The molecule has 0 fully saturated rings. The molecule has 0 aromatic rings. The van der Waals surface area contributed by atoms with E-state index in [4.69, 9.17) is 10.9 Å². The molecular formula is C12H25N3O2. The van der Waals surface area contributed by atoms with E-state index in [0.717, 1.165) is 12.8 Å². The van der Waals surface area contributed by atoms with Crippen LogP contribution in [0.2, 0.25) is 0 Å². The number of hydrogen-bond acceptors (Lipinski definition) is 3. The van der Waals surface area contributed by atoms with E-state index in [9.17, 15) is 4.79 Å². The monoisotopic (exact) mass is 243 g/mol. The predicted octanol–water partition coefficient (Wildman–Crippen LogP) is 1.80. The second-order valence-corrected chi connectivity index (χ2v) is 4.46. The van der Waals surface area contributed by atoms with Crippen LogP contribution in [0.4, 0.5) is 0 Å². The summed E-state index contributed by atoms with van der Waals surface area (Å²) in [5.41, 5.74) is 4.74. The minimum atomic E-state index is -0.904. The zero-order valence-electron chi connectivity index (χ0n) is 11.4. The fourth-order valence-electron chi connectivity index (χ4n) is 1.76. The molecule has 0 aliphatic rings. The van der Waals surface area contributed by atoms with Crippen LogP contribution in [0.1, 0.15) is 47.0 Å². The van der Waals surface area contributed by atoms with E-state index in [1.165, 1.54) is 0 Å². The quantitative estimate of drug-likeness (QED) is 0.310. The number of rotatable bonds is 7. The number of nitrogens with zero attached hydrogens (tertiary/aromatic N) is 2. The molecule has 100 valence electrons. The first-order valence-corrected chi connectivity index (χ1v) is 6.25. The molecule has 0 heterocycles. The van der Waals surface area contributed by atoms with E-state index in [0.29, 0.717) is 19.5 Å². The average molecular weight is 243 g/mol. The Bertz CT molecular complexity index is 273. The van der Waals surface area contributed by atoms with Gasteiger partial charge < -0.3 is 15.8 Å². The van der Waals surface area contributed by atoms with E-state index in [2.05, 4.69) is 5.16 Å². The number of amides is 1. The van der Waals surface area contributed by atoms with Crippen molar-refractivity contribution in [3.63, 3.8) is 0 Å². The van der Waals surface area contributed by atoms with Crippen LogP contribution in [0.15, 0.2) is 5.16 Å². The number of hydrogen-bond donors (Lipinski definition) is 2. The highest BCUT2D eigenvalue weighted by molar-refractivity contribution is 6.06. The van der Waals surface area contributed by atoms with Crippen molar-refractivity contribution in [1.29, 1.82) is 0 Å². The van der Waals surface area contributed by atoms with Crippen LogP contribution in [-0.2, 0) is 4.79 Å². The van der Waals surface area contributed by atoms with Gasteiger partial charge in [0.05, 0.1) is 0 Å². The van der Waals surface area contributed by atoms with Crippen LogP contribution in [0.3, 0.4) is 0 Å². The number of carbonyl (C=O) groups excluding carboxylic acids is 1. The molecule has 0 radical (unpaired) electrons. The molecule has 0 aliphatic carbocycles. The molecule has 0 bridgehead atoms. The lowest BCUT2D eigenvalue weighted by molar-refractivity contribution is -0.138. The van der Waals surface area contributed by atoms with Gasteiger partial charge in [0.2, 0.25) is 5.91 Å². The van der Waals surface area contributed by atoms with Gasteiger partial charge in [-0.05, 0) is 26.2 Å². The second-order valence-electron chi connectivity index (χ2n) is 4.46. The smallest absolute Gasteiger partial charge is 0.236 e. The summed E-state index contributed by atoms with van der Waals surface area (Å²) in [5.74, 6) is -0.0683. The fraction of sp³-hybridized carbons (Fsp3) is 0.833. The SMILES string of the molecule is CCCN(CCC)C(=O)C(C)(CC)C(N)=NO. The first-order valence-electron chi connectivity index (χ1n) is 6.25. The van der Waals surface area contributed by atoms with Crippen molar-refractivity contribution in [3.8, 4) is 0 Å². The lowest BCUT2D eigenvalue weighted by Crippen LogP contribution is -2.49. The summed E-state index contributed by atoms with van der Waals surface area (Å²) in [6, 6.07) is 0. The van der Waals surface area contributed by atoms with E-state index in [1.807, 2.05) is 20.8 Å². The molecule has 17 heavy (non-hydrogen) atoms. The predicted molar refractivity (Wildman–Crippen MR) is 69.0 cm³/mol. The molecule has 0 saturated carbocycles. The van der Waals surface area contributed by atoms with Gasteiger partial charge in [0, 0.05) is 13.1 Å². The van der Waals surface area contributed by atoms with Crippen molar-refractivity contribution >= 4 is 11.7 Å². The van der Waals surface area contributed by atoms with Crippen LogP contribution in [0, 0.1) is 5.41 Å². The molecule has 0 aliphatic heterocycles. The standard InChI is InChI=1S/C12H25N3O2/c1-5-8-15(9-6-2)11(16)12(4,7-3)10(13)14-17/h17H,5-9H2,1-4H3,(H2,13,14). The average Bonchev–Trinajstić information content (AvgIpc) is 2.35. The Morgan fingerprint density at radius 1 is 1.29 bits per heavy atom. The molecule has 1 atom stereocenters. The van der Waals surface area contributed by atoms with Gasteiger partial charge in [-0.2, -0.15) is 0 Å². The first kappa shape index (κ1) is 15.7. The molecular weight excluding hydrogens is 218 g/mol. The van der Waals surface area contributed by atoms with Crippen molar-refractivity contribution in [2.45, 2.75) is 47.0 Å². The van der Waals surface area contributed by atoms with Gasteiger partial charge in [-0.15, -0.1) is 0 Å². The van der Waals surface area contributed by atoms with Gasteiger partial charge in [0.25, 0.3) is 0 Å². The Kier molecular flexibility index (Phi) is 6.61. The van der Waals surface area contributed by atoms with Gasteiger partial charge in [0.15, 0.2) is 5.84 Å². The molecule has 0 aromatic carbocycles. The minimum Gasteiger partial charge on any atom is -0.409 e. The van der Waals surface area contributed by atoms with Crippen LogP contribution in [-0.4, -0.2) is 34.9 Å². The molecule has 0 saturated heterocycles. The largest absolute Gasteiger partial charge is 0.409 e. The fourth-order valence-corrected chi connectivity index (χ4v) is 1.76. The first-order chi connectivity index (χ1) is 7.97. The summed E-state index contributed by atoms with van der Waals surface area (Å²) < 4.78 is 0. The van der Waals surface area contributed by atoms with Gasteiger partial charge in [-0.1, -0.05) is 25.9 Å². The van der Waals surface area contributed by atoms with Crippen molar-refractivity contribution in [2.24, 2.45) is 16.3 Å². The van der Waals surface area contributed by atoms with Gasteiger partial charge >= 0.3 is 0 Å². The Morgan fingerprint density at radius 3 is 2.06 bits per heavy atom. The number of carbonyl (C=O) groups is 1. The van der Waals surface area contributed by atoms with Crippen molar-refractivity contribution in [1.82, 2.24) is 4.90 Å². The molecule has 0 aromatic heterocycles. The molecule has 1 unspecified atom stereocenters. The van der Waals surface area contributed by atoms with E-state index < -0.39 is 5.41 Å². The van der Waals surface area contributed by atoms with Gasteiger partial charge in [0.1, 0.15) is 5.41 Å². The van der Waals surface area contributed by atoms with Gasteiger partial charge in [-0.25, -0.2) is 0 Å². The lowest BCUT2D eigenvalue weighted by atomic mass is 9.84. The van der Waals surface area contributed by atoms with Crippen LogP contribution < -0.4 is 5.73 Å². The van der Waals surface area contributed by atoms with Crippen LogP contribution in [0.25, 0.3) is 0 Å².